The molecule has 1 fully saturated rings. The van der Waals surface area contributed by atoms with E-state index in [1.165, 1.54) is 24.8 Å². The van der Waals surface area contributed by atoms with Crippen LogP contribution >= 0.6 is 0 Å². The Morgan fingerprint density at radius 1 is 1.12 bits per heavy atom. The molecule has 0 atom stereocenters. The fourth-order valence-electron chi connectivity index (χ4n) is 2.95. The fourth-order valence-corrected chi connectivity index (χ4v) is 2.95. The number of carbonyl (C=O) groups is 1. The lowest BCUT2D eigenvalue weighted by atomic mass is 9.75. The summed E-state index contributed by atoms with van der Waals surface area (Å²) in [5.41, 5.74) is 4.25. The maximum Gasteiger partial charge on any atom is 0.387 e. The van der Waals surface area contributed by atoms with E-state index in [9.17, 15) is 13.6 Å². The molecule has 25 heavy (non-hydrogen) atoms. The van der Waals surface area contributed by atoms with Crippen LogP contribution in [0.25, 0.3) is 11.1 Å². The van der Waals surface area contributed by atoms with Crippen LogP contribution in [0.4, 0.5) is 8.78 Å². The maximum absolute atomic E-state index is 12.2. The van der Waals surface area contributed by atoms with Crippen molar-refractivity contribution in [2.24, 2.45) is 0 Å². The molecule has 0 amide bonds. The molecule has 0 N–H and O–H groups in total. The van der Waals surface area contributed by atoms with Crippen molar-refractivity contribution in [1.29, 1.82) is 0 Å². The summed E-state index contributed by atoms with van der Waals surface area (Å²) in [4.78, 5) is 11.2. The predicted octanol–water partition coefficient (Wildman–Crippen LogP) is 4.93. The van der Waals surface area contributed by atoms with Crippen molar-refractivity contribution in [3.05, 3.63) is 65.7 Å². The number of hydrogen-bond acceptors (Lipinski definition) is 3. The molecule has 1 saturated carbocycles. The molecule has 0 aromatic heterocycles. The van der Waals surface area contributed by atoms with Crippen LogP contribution < -0.4 is 4.74 Å². The molecule has 3 nitrogen and oxygen atoms in total. The van der Waals surface area contributed by atoms with E-state index in [1.807, 2.05) is 12.1 Å². The average molecular weight is 344 g/mol. The van der Waals surface area contributed by atoms with Crippen molar-refractivity contribution in [3.8, 4) is 16.9 Å². The van der Waals surface area contributed by atoms with Gasteiger partial charge < -0.3 is 9.47 Å². The van der Waals surface area contributed by atoms with Crippen LogP contribution in [0.15, 0.2) is 60.2 Å². The minimum Gasteiger partial charge on any atom is -0.466 e. The summed E-state index contributed by atoms with van der Waals surface area (Å²) in [6.45, 7) is -2.82. The zero-order valence-electron chi connectivity index (χ0n) is 13.7. The number of methoxy groups -OCH3 is 1. The zero-order chi connectivity index (χ0) is 17.8. The van der Waals surface area contributed by atoms with Crippen molar-refractivity contribution in [3.63, 3.8) is 0 Å². The number of halogens is 2. The average Bonchev–Trinajstić information content (AvgIpc) is 2.57. The molecule has 2 aromatic carbocycles. The predicted molar refractivity (Wildman–Crippen MR) is 90.6 cm³/mol. The van der Waals surface area contributed by atoms with Gasteiger partial charge in [-0.05, 0) is 47.6 Å². The quantitative estimate of drug-likeness (QED) is 0.570. The van der Waals surface area contributed by atoms with Gasteiger partial charge in [-0.1, -0.05) is 42.0 Å². The Labute approximate surface area is 144 Å². The van der Waals surface area contributed by atoms with Gasteiger partial charge in [-0.15, -0.1) is 0 Å². The number of ether oxygens (including phenoxy) is 2. The van der Waals surface area contributed by atoms with E-state index in [1.54, 1.807) is 18.2 Å². The lowest BCUT2D eigenvalue weighted by molar-refractivity contribution is -0.134. The number of rotatable bonds is 5. The van der Waals surface area contributed by atoms with Gasteiger partial charge >= 0.3 is 12.6 Å². The van der Waals surface area contributed by atoms with Crippen molar-refractivity contribution in [2.45, 2.75) is 25.4 Å². The summed E-state index contributed by atoms with van der Waals surface area (Å²) >= 11 is 0. The van der Waals surface area contributed by atoms with Gasteiger partial charge in [0.1, 0.15) is 5.75 Å². The molecule has 0 spiro atoms. The van der Waals surface area contributed by atoms with Crippen molar-refractivity contribution in [2.75, 3.05) is 7.11 Å². The summed E-state index contributed by atoms with van der Waals surface area (Å²) in [6.07, 6.45) is 3.25. The number of carbonyl (C=O) groups excluding carboxylic acids is 1. The van der Waals surface area contributed by atoms with Gasteiger partial charge in [-0.3, -0.25) is 0 Å². The van der Waals surface area contributed by atoms with E-state index in [0.29, 0.717) is 5.92 Å². The first-order valence-electron chi connectivity index (χ1n) is 7.98. The van der Waals surface area contributed by atoms with E-state index in [4.69, 9.17) is 0 Å². The third kappa shape index (κ3) is 4.24. The maximum atomic E-state index is 12.2. The van der Waals surface area contributed by atoms with Gasteiger partial charge in [0.15, 0.2) is 0 Å². The summed E-state index contributed by atoms with van der Waals surface area (Å²) in [5.74, 6) is 0.220. The van der Waals surface area contributed by atoms with Gasteiger partial charge in [0.25, 0.3) is 0 Å². The lowest BCUT2D eigenvalue weighted by Gasteiger charge is -2.29. The molecule has 1 aliphatic carbocycles. The molecule has 5 heteroatoms. The SMILES string of the molecule is COC(=O)C=C1CC(c2cccc(-c3ccc(OC(F)F)cc3)c2)C1. The monoisotopic (exact) mass is 344 g/mol. The van der Waals surface area contributed by atoms with Crippen LogP contribution in [0, 0.1) is 0 Å². The van der Waals surface area contributed by atoms with Crippen LogP contribution in [0.2, 0.25) is 0 Å². The minimum atomic E-state index is -2.82. The molecule has 0 unspecified atom stereocenters. The Morgan fingerprint density at radius 3 is 2.48 bits per heavy atom. The molecular weight excluding hydrogens is 326 g/mol. The van der Waals surface area contributed by atoms with Crippen LogP contribution in [0.1, 0.15) is 24.3 Å². The molecule has 130 valence electrons. The number of hydrogen-bond donors (Lipinski definition) is 0. The summed E-state index contributed by atoms with van der Waals surface area (Å²) < 4.78 is 33.4. The fraction of sp³-hybridized carbons (Fsp3) is 0.250. The van der Waals surface area contributed by atoms with E-state index in [2.05, 4.69) is 21.6 Å². The van der Waals surface area contributed by atoms with Crippen LogP contribution in [-0.4, -0.2) is 19.7 Å². The Morgan fingerprint density at radius 2 is 1.84 bits per heavy atom. The Kier molecular flexibility index (Phi) is 5.12. The second-order valence-corrected chi connectivity index (χ2v) is 5.96. The van der Waals surface area contributed by atoms with Gasteiger partial charge in [-0.2, -0.15) is 8.78 Å². The third-order valence-electron chi connectivity index (χ3n) is 4.31. The highest BCUT2D eigenvalue weighted by Crippen LogP contribution is 2.42. The van der Waals surface area contributed by atoms with E-state index in [-0.39, 0.29) is 11.7 Å². The van der Waals surface area contributed by atoms with E-state index < -0.39 is 6.61 Å². The highest BCUT2D eigenvalue weighted by Gasteiger charge is 2.25. The second kappa shape index (κ2) is 7.47. The molecule has 0 bridgehead atoms. The first-order chi connectivity index (χ1) is 12.0. The van der Waals surface area contributed by atoms with Gasteiger partial charge in [-0.25, -0.2) is 4.79 Å². The van der Waals surface area contributed by atoms with E-state index in [0.717, 1.165) is 29.5 Å². The molecule has 0 heterocycles. The topological polar surface area (TPSA) is 35.5 Å². The van der Waals surface area contributed by atoms with Crippen molar-refractivity contribution >= 4 is 5.97 Å². The lowest BCUT2D eigenvalue weighted by Crippen LogP contribution is -2.14. The third-order valence-corrected chi connectivity index (χ3v) is 4.31. The molecule has 3 rings (SSSR count). The number of allylic oxidation sites excluding steroid dienone is 1. The Hall–Kier alpha value is -2.69. The summed E-state index contributed by atoms with van der Waals surface area (Å²) in [6, 6.07) is 14.7. The van der Waals surface area contributed by atoms with Crippen molar-refractivity contribution < 1.29 is 23.0 Å². The highest BCUT2D eigenvalue weighted by molar-refractivity contribution is 5.83. The number of esters is 1. The number of benzene rings is 2. The zero-order valence-corrected chi connectivity index (χ0v) is 13.7. The molecule has 0 saturated heterocycles. The minimum absolute atomic E-state index is 0.145. The van der Waals surface area contributed by atoms with Crippen molar-refractivity contribution in [1.82, 2.24) is 0 Å². The van der Waals surface area contributed by atoms with Gasteiger partial charge in [0, 0.05) is 6.08 Å². The number of alkyl halides is 2. The molecular formula is C20H18F2O3. The van der Waals surface area contributed by atoms with Crippen LogP contribution in [0.5, 0.6) is 5.75 Å². The first-order valence-corrected chi connectivity index (χ1v) is 7.98. The second-order valence-electron chi connectivity index (χ2n) is 5.96. The van der Waals surface area contributed by atoms with Crippen LogP contribution in [-0.2, 0) is 9.53 Å². The normalized spacial score (nSPS) is 16.3. The Bertz CT molecular complexity index is 774. The summed E-state index contributed by atoms with van der Waals surface area (Å²) in [7, 11) is 1.37. The van der Waals surface area contributed by atoms with Crippen LogP contribution in [0.3, 0.4) is 0 Å². The Balaban J connectivity index is 1.70. The largest absolute Gasteiger partial charge is 0.466 e. The van der Waals surface area contributed by atoms with Gasteiger partial charge in [0.2, 0.25) is 0 Å². The standard InChI is InChI=1S/C20H18F2O3/c1-24-19(23)11-13-9-17(10-13)16-4-2-3-15(12-16)14-5-7-18(8-6-14)25-20(21)22/h2-8,11-12,17,20H,9-10H2,1H3. The first kappa shape index (κ1) is 17.1. The van der Waals surface area contributed by atoms with Gasteiger partial charge in [0.05, 0.1) is 7.11 Å². The molecule has 0 aliphatic heterocycles. The molecule has 0 radical (unpaired) electrons. The smallest absolute Gasteiger partial charge is 0.387 e. The molecule has 2 aromatic rings. The van der Waals surface area contributed by atoms with E-state index >= 15 is 0 Å². The highest BCUT2D eigenvalue weighted by atomic mass is 19.3. The summed E-state index contributed by atoms with van der Waals surface area (Å²) in [5, 5.41) is 0. The molecule has 1 aliphatic rings.